The minimum Gasteiger partial charge on any atom is -0.496 e. The zero-order chi connectivity index (χ0) is 18.6. The quantitative estimate of drug-likeness (QED) is 0.615. The van der Waals surface area contributed by atoms with Crippen LogP contribution in [0.15, 0.2) is 12.1 Å². The van der Waals surface area contributed by atoms with Crippen molar-refractivity contribution in [3.8, 4) is 5.75 Å². The third kappa shape index (κ3) is 4.78. The van der Waals surface area contributed by atoms with Crippen molar-refractivity contribution < 1.29 is 19.1 Å². The Bertz CT molecular complexity index is 650. The second-order valence-corrected chi connectivity index (χ2v) is 6.91. The van der Waals surface area contributed by atoms with Crippen LogP contribution in [0.2, 0.25) is 5.02 Å². The van der Waals surface area contributed by atoms with Gasteiger partial charge in [0, 0.05) is 12.1 Å². The second kappa shape index (κ2) is 8.43. The van der Waals surface area contributed by atoms with Crippen molar-refractivity contribution in [3.63, 3.8) is 0 Å². The number of ether oxygens (including phenoxy) is 2. The number of carbonyl (C=O) groups is 2. The molecule has 3 atom stereocenters. The largest absolute Gasteiger partial charge is 0.496 e. The molecule has 7 heteroatoms. The van der Waals surface area contributed by atoms with E-state index < -0.39 is 12.1 Å². The molecule has 1 aliphatic rings. The molecule has 1 amide bonds. The molecule has 6 nitrogen and oxygen atoms in total. The highest BCUT2D eigenvalue weighted by atomic mass is 35.5. The summed E-state index contributed by atoms with van der Waals surface area (Å²) in [7, 11) is 1.42. The minimum absolute atomic E-state index is 0.128. The van der Waals surface area contributed by atoms with Gasteiger partial charge in [0.05, 0.1) is 17.8 Å². The summed E-state index contributed by atoms with van der Waals surface area (Å²) in [6.45, 7) is 3.67. The van der Waals surface area contributed by atoms with Crippen LogP contribution < -0.4 is 15.8 Å². The van der Waals surface area contributed by atoms with E-state index in [1.54, 1.807) is 6.92 Å². The SMILES string of the molecule is COc1cc(N)c(Cl)cc1C(=O)O[C@H](C)C(=O)N[C@@H]1CCCC[C@H]1C. The maximum absolute atomic E-state index is 12.4. The lowest BCUT2D eigenvalue weighted by atomic mass is 9.86. The van der Waals surface area contributed by atoms with Crippen LogP contribution in [0.5, 0.6) is 5.75 Å². The van der Waals surface area contributed by atoms with Gasteiger partial charge in [0.25, 0.3) is 5.91 Å². The van der Waals surface area contributed by atoms with Crippen molar-refractivity contribution in [2.24, 2.45) is 5.92 Å². The van der Waals surface area contributed by atoms with Crippen LogP contribution in [0.25, 0.3) is 0 Å². The first-order chi connectivity index (χ1) is 11.8. The molecular weight excluding hydrogens is 344 g/mol. The number of nitrogens with two attached hydrogens (primary N) is 1. The molecule has 1 aliphatic carbocycles. The number of hydrogen-bond acceptors (Lipinski definition) is 5. The summed E-state index contributed by atoms with van der Waals surface area (Å²) >= 11 is 5.96. The molecule has 0 aromatic heterocycles. The normalized spacial score (nSPS) is 21.3. The first kappa shape index (κ1) is 19.4. The Balaban J connectivity index is 2.02. The van der Waals surface area contributed by atoms with Crippen molar-refractivity contribution in [2.75, 3.05) is 12.8 Å². The highest BCUT2D eigenvalue weighted by Gasteiger charge is 2.27. The second-order valence-electron chi connectivity index (χ2n) is 6.50. The van der Waals surface area contributed by atoms with Gasteiger partial charge in [0.1, 0.15) is 11.3 Å². The number of nitrogen functional groups attached to an aromatic ring is 1. The number of halogens is 1. The molecule has 1 aromatic rings. The van der Waals surface area contributed by atoms with Gasteiger partial charge in [-0.1, -0.05) is 31.4 Å². The lowest BCUT2D eigenvalue weighted by Crippen LogP contribution is -2.46. The van der Waals surface area contributed by atoms with Gasteiger partial charge in [0.15, 0.2) is 6.10 Å². The zero-order valence-electron chi connectivity index (χ0n) is 14.8. The zero-order valence-corrected chi connectivity index (χ0v) is 15.6. The molecule has 1 fully saturated rings. The number of anilines is 1. The van der Waals surface area contributed by atoms with E-state index in [1.165, 1.54) is 25.7 Å². The Morgan fingerprint density at radius 2 is 2.00 bits per heavy atom. The van der Waals surface area contributed by atoms with E-state index in [9.17, 15) is 9.59 Å². The van der Waals surface area contributed by atoms with E-state index in [1.807, 2.05) is 0 Å². The lowest BCUT2D eigenvalue weighted by Gasteiger charge is -2.30. The van der Waals surface area contributed by atoms with Gasteiger partial charge in [-0.25, -0.2) is 4.79 Å². The van der Waals surface area contributed by atoms with Crippen molar-refractivity contribution in [1.82, 2.24) is 5.32 Å². The van der Waals surface area contributed by atoms with Crippen LogP contribution in [0.3, 0.4) is 0 Å². The van der Waals surface area contributed by atoms with Crippen LogP contribution in [0, 0.1) is 5.92 Å². The number of benzene rings is 1. The molecule has 1 saturated carbocycles. The van der Waals surface area contributed by atoms with Gasteiger partial charge in [-0.15, -0.1) is 0 Å². The summed E-state index contributed by atoms with van der Waals surface area (Å²) in [6, 6.07) is 2.96. The Hall–Kier alpha value is -1.95. The highest BCUT2D eigenvalue weighted by molar-refractivity contribution is 6.33. The summed E-state index contributed by atoms with van der Waals surface area (Å²) in [5.74, 6) is -0.303. The van der Waals surface area contributed by atoms with Crippen LogP contribution in [0.1, 0.15) is 49.9 Å². The highest BCUT2D eigenvalue weighted by Crippen LogP contribution is 2.29. The molecule has 1 aromatic carbocycles. The topological polar surface area (TPSA) is 90.7 Å². The van der Waals surface area contributed by atoms with E-state index in [4.69, 9.17) is 26.8 Å². The van der Waals surface area contributed by atoms with E-state index in [-0.39, 0.29) is 28.3 Å². The molecule has 25 heavy (non-hydrogen) atoms. The molecule has 2 rings (SSSR count). The van der Waals surface area contributed by atoms with E-state index >= 15 is 0 Å². The summed E-state index contributed by atoms with van der Waals surface area (Å²) in [6.07, 6.45) is 3.43. The van der Waals surface area contributed by atoms with Gasteiger partial charge < -0.3 is 20.5 Å². The first-order valence-electron chi connectivity index (χ1n) is 8.47. The molecule has 0 heterocycles. The van der Waals surface area contributed by atoms with Crippen LogP contribution in [-0.4, -0.2) is 31.1 Å². The lowest BCUT2D eigenvalue weighted by molar-refractivity contribution is -0.130. The summed E-state index contributed by atoms with van der Waals surface area (Å²) in [5.41, 5.74) is 6.13. The average molecular weight is 369 g/mol. The number of esters is 1. The predicted octanol–water partition coefficient (Wildman–Crippen LogP) is 3.17. The summed E-state index contributed by atoms with van der Waals surface area (Å²) < 4.78 is 10.4. The Kier molecular flexibility index (Phi) is 6.53. The van der Waals surface area contributed by atoms with E-state index in [0.717, 1.165) is 19.3 Å². The van der Waals surface area contributed by atoms with Crippen molar-refractivity contribution in [2.45, 2.75) is 51.7 Å². The van der Waals surface area contributed by atoms with Crippen LogP contribution in [-0.2, 0) is 9.53 Å². The third-order valence-electron chi connectivity index (χ3n) is 4.63. The van der Waals surface area contributed by atoms with Crippen LogP contribution >= 0.6 is 11.6 Å². The predicted molar refractivity (Wildman–Crippen MR) is 96.9 cm³/mol. The van der Waals surface area contributed by atoms with Crippen molar-refractivity contribution in [3.05, 3.63) is 22.7 Å². The fourth-order valence-electron chi connectivity index (χ4n) is 3.01. The smallest absolute Gasteiger partial charge is 0.342 e. The van der Waals surface area contributed by atoms with Crippen molar-refractivity contribution in [1.29, 1.82) is 0 Å². The standard InChI is InChI=1S/C18H25ClN2O4/c1-10-6-4-5-7-15(10)21-17(22)11(2)25-18(23)12-8-13(19)14(20)9-16(12)24-3/h8-11,15H,4-7,20H2,1-3H3,(H,21,22)/t10-,11-,15-/m1/s1. The number of rotatable bonds is 5. The summed E-state index contributed by atoms with van der Waals surface area (Å²) in [5, 5.41) is 3.20. The Labute approximate surface area is 153 Å². The summed E-state index contributed by atoms with van der Waals surface area (Å²) in [4.78, 5) is 24.7. The van der Waals surface area contributed by atoms with Gasteiger partial charge in [0.2, 0.25) is 0 Å². The molecule has 0 unspecified atom stereocenters. The third-order valence-corrected chi connectivity index (χ3v) is 4.96. The Morgan fingerprint density at radius 1 is 1.32 bits per heavy atom. The molecule has 0 saturated heterocycles. The number of methoxy groups -OCH3 is 1. The molecule has 0 aliphatic heterocycles. The maximum atomic E-state index is 12.4. The maximum Gasteiger partial charge on any atom is 0.342 e. The number of hydrogen-bond donors (Lipinski definition) is 2. The number of carbonyl (C=O) groups excluding carboxylic acids is 2. The molecule has 3 N–H and O–H groups in total. The number of amides is 1. The molecule has 138 valence electrons. The molecule has 0 spiro atoms. The molecule has 0 radical (unpaired) electrons. The van der Waals surface area contributed by atoms with E-state index in [2.05, 4.69) is 12.2 Å². The van der Waals surface area contributed by atoms with Gasteiger partial charge >= 0.3 is 5.97 Å². The Morgan fingerprint density at radius 3 is 2.64 bits per heavy atom. The minimum atomic E-state index is -0.914. The van der Waals surface area contributed by atoms with Gasteiger partial charge in [-0.3, -0.25) is 4.79 Å². The molecular formula is C18H25ClN2O4. The first-order valence-corrected chi connectivity index (χ1v) is 8.85. The molecule has 0 bridgehead atoms. The van der Waals surface area contributed by atoms with E-state index in [0.29, 0.717) is 11.6 Å². The fraction of sp³-hybridized carbons (Fsp3) is 0.556. The number of nitrogens with one attached hydrogen (secondary N) is 1. The van der Waals surface area contributed by atoms with Crippen LogP contribution in [0.4, 0.5) is 5.69 Å². The fourth-order valence-corrected chi connectivity index (χ4v) is 3.17. The average Bonchev–Trinajstić information content (AvgIpc) is 2.58. The van der Waals surface area contributed by atoms with Crippen molar-refractivity contribution >= 4 is 29.2 Å². The monoisotopic (exact) mass is 368 g/mol. The van der Waals surface area contributed by atoms with Gasteiger partial charge in [-0.05, 0) is 31.7 Å². The van der Waals surface area contributed by atoms with Gasteiger partial charge in [-0.2, -0.15) is 0 Å².